The van der Waals surface area contributed by atoms with Gasteiger partial charge >= 0.3 is 0 Å². The van der Waals surface area contributed by atoms with Crippen molar-refractivity contribution >= 4 is 11.7 Å². The summed E-state index contributed by atoms with van der Waals surface area (Å²) in [6, 6.07) is 0. The van der Waals surface area contributed by atoms with E-state index in [1.165, 1.54) is 12.6 Å². The highest BCUT2D eigenvalue weighted by molar-refractivity contribution is 5.91. The van der Waals surface area contributed by atoms with Gasteiger partial charge in [-0.05, 0) is 13.3 Å². The van der Waals surface area contributed by atoms with Gasteiger partial charge in [-0.25, -0.2) is 15.0 Å². The van der Waals surface area contributed by atoms with Gasteiger partial charge in [0.15, 0.2) is 5.89 Å². The van der Waals surface area contributed by atoms with E-state index in [0.29, 0.717) is 19.0 Å². The first-order valence-electron chi connectivity index (χ1n) is 7.45. The molecule has 2 aromatic rings. The zero-order valence-electron chi connectivity index (χ0n) is 12.7. The lowest BCUT2D eigenvalue weighted by molar-refractivity contribution is 0.0717. The van der Waals surface area contributed by atoms with Gasteiger partial charge in [0.05, 0.1) is 25.0 Å². The van der Waals surface area contributed by atoms with Crippen LogP contribution < -0.4 is 4.90 Å². The number of anilines is 1. The highest BCUT2D eigenvalue weighted by Gasteiger charge is 2.32. The number of aryl methyl sites for hydroxylation is 2. The van der Waals surface area contributed by atoms with Crippen molar-refractivity contribution in [3.63, 3.8) is 0 Å². The standard InChI is InChI=1S/C15H17N5O2/c1-9-17-12-8-20(15(21)13-6-16-10(2)22-13)7-11(12)14(18-9)19-4-3-5-19/h6H,3-5,7-8H2,1-2H3. The van der Waals surface area contributed by atoms with Gasteiger partial charge in [0.2, 0.25) is 5.76 Å². The number of fused-ring (bicyclic) bond motifs is 1. The number of rotatable bonds is 2. The fourth-order valence-corrected chi connectivity index (χ4v) is 2.91. The monoisotopic (exact) mass is 299 g/mol. The molecular weight excluding hydrogens is 282 g/mol. The summed E-state index contributed by atoms with van der Waals surface area (Å²) < 4.78 is 5.34. The fraction of sp³-hybridized carbons (Fsp3) is 0.467. The third-order valence-corrected chi connectivity index (χ3v) is 4.15. The second kappa shape index (κ2) is 4.79. The maximum Gasteiger partial charge on any atom is 0.291 e. The van der Waals surface area contributed by atoms with E-state index in [2.05, 4.69) is 19.9 Å². The molecule has 1 amide bonds. The van der Waals surface area contributed by atoms with Crippen molar-refractivity contribution in [1.29, 1.82) is 0 Å². The molecule has 7 nitrogen and oxygen atoms in total. The molecule has 2 aliphatic rings. The maximum atomic E-state index is 12.5. The first-order chi connectivity index (χ1) is 10.6. The molecule has 0 saturated carbocycles. The molecule has 1 fully saturated rings. The molecule has 22 heavy (non-hydrogen) atoms. The number of oxazole rings is 1. The Hall–Kier alpha value is -2.44. The predicted molar refractivity (Wildman–Crippen MR) is 78.4 cm³/mol. The molecule has 0 aliphatic carbocycles. The van der Waals surface area contributed by atoms with Crippen molar-refractivity contribution in [3.05, 3.63) is 34.9 Å². The van der Waals surface area contributed by atoms with Crippen molar-refractivity contribution in [1.82, 2.24) is 19.9 Å². The normalized spacial score (nSPS) is 16.6. The van der Waals surface area contributed by atoms with Gasteiger partial charge in [-0.2, -0.15) is 0 Å². The third-order valence-electron chi connectivity index (χ3n) is 4.15. The summed E-state index contributed by atoms with van der Waals surface area (Å²) in [6.07, 6.45) is 2.67. The molecule has 7 heteroatoms. The zero-order chi connectivity index (χ0) is 15.3. The lowest BCUT2D eigenvalue weighted by Crippen LogP contribution is -2.38. The van der Waals surface area contributed by atoms with Crippen LogP contribution in [0.25, 0.3) is 0 Å². The molecule has 1 saturated heterocycles. The van der Waals surface area contributed by atoms with Gasteiger partial charge in [-0.15, -0.1) is 0 Å². The molecule has 0 bridgehead atoms. The van der Waals surface area contributed by atoms with E-state index < -0.39 is 0 Å². The number of nitrogens with zero attached hydrogens (tertiary/aromatic N) is 5. The molecule has 0 spiro atoms. The largest absolute Gasteiger partial charge is 0.436 e. The first kappa shape index (κ1) is 13.2. The van der Waals surface area contributed by atoms with E-state index in [-0.39, 0.29) is 11.7 Å². The van der Waals surface area contributed by atoms with Crippen LogP contribution >= 0.6 is 0 Å². The van der Waals surface area contributed by atoms with Gasteiger partial charge in [-0.1, -0.05) is 0 Å². The highest BCUT2D eigenvalue weighted by Crippen LogP contribution is 2.32. The lowest BCUT2D eigenvalue weighted by atomic mass is 10.1. The Bertz CT molecular complexity index is 750. The molecule has 0 N–H and O–H groups in total. The van der Waals surface area contributed by atoms with E-state index in [1.807, 2.05) is 6.92 Å². The minimum Gasteiger partial charge on any atom is -0.436 e. The third kappa shape index (κ3) is 2.04. The molecule has 4 rings (SSSR count). The van der Waals surface area contributed by atoms with Crippen molar-refractivity contribution in [2.75, 3.05) is 18.0 Å². The number of hydrogen-bond donors (Lipinski definition) is 0. The second-order valence-corrected chi connectivity index (χ2v) is 5.77. The van der Waals surface area contributed by atoms with E-state index in [0.717, 1.165) is 36.0 Å². The van der Waals surface area contributed by atoms with Gasteiger partial charge in [0.1, 0.15) is 11.6 Å². The van der Waals surface area contributed by atoms with Crippen molar-refractivity contribution in [2.24, 2.45) is 0 Å². The summed E-state index contributed by atoms with van der Waals surface area (Å²) >= 11 is 0. The topological polar surface area (TPSA) is 75.4 Å². The Labute approximate surface area is 128 Å². The highest BCUT2D eigenvalue weighted by atomic mass is 16.4. The number of carbonyl (C=O) groups is 1. The average Bonchev–Trinajstić information content (AvgIpc) is 3.02. The molecule has 0 aromatic carbocycles. The van der Waals surface area contributed by atoms with Crippen LogP contribution in [0.5, 0.6) is 0 Å². The van der Waals surface area contributed by atoms with E-state index in [4.69, 9.17) is 4.42 Å². The van der Waals surface area contributed by atoms with E-state index in [9.17, 15) is 4.79 Å². The smallest absolute Gasteiger partial charge is 0.291 e. The summed E-state index contributed by atoms with van der Waals surface area (Å²) in [6.45, 7) is 6.70. The van der Waals surface area contributed by atoms with Crippen LogP contribution in [0.3, 0.4) is 0 Å². The quantitative estimate of drug-likeness (QED) is 0.835. The molecular formula is C15H17N5O2. The van der Waals surface area contributed by atoms with Gasteiger partial charge in [0.25, 0.3) is 5.91 Å². The predicted octanol–water partition coefficient (Wildman–Crippen LogP) is 1.45. The van der Waals surface area contributed by atoms with Crippen LogP contribution in [-0.4, -0.2) is 38.8 Å². The SMILES string of the molecule is Cc1nc2c(c(N3CCC3)n1)CN(C(=O)c1cnc(C)o1)C2. The Kier molecular flexibility index (Phi) is 2.88. The van der Waals surface area contributed by atoms with Crippen LogP contribution in [-0.2, 0) is 13.1 Å². The number of amides is 1. The zero-order valence-corrected chi connectivity index (χ0v) is 12.7. The molecule has 0 unspecified atom stereocenters. The summed E-state index contributed by atoms with van der Waals surface area (Å²) in [5.41, 5.74) is 2.01. The summed E-state index contributed by atoms with van der Waals surface area (Å²) in [5.74, 6) is 2.37. The van der Waals surface area contributed by atoms with E-state index >= 15 is 0 Å². The van der Waals surface area contributed by atoms with E-state index in [1.54, 1.807) is 11.8 Å². The Morgan fingerprint density at radius 1 is 1.23 bits per heavy atom. The Balaban J connectivity index is 1.63. The maximum absolute atomic E-state index is 12.5. The summed E-state index contributed by atoms with van der Waals surface area (Å²) in [5, 5.41) is 0. The van der Waals surface area contributed by atoms with Crippen LogP contribution in [0.1, 0.15) is 39.9 Å². The molecule has 0 radical (unpaired) electrons. The molecule has 2 aliphatic heterocycles. The number of aromatic nitrogens is 3. The van der Waals surface area contributed by atoms with Crippen molar-refractivity contribution < 1.29 is 9.21 Å². The van der Waals surface area contributed by atoms with Crippen LogP contribution in [0, 0.1) is 13.8 Å². The van der Waals surface area contributed by atoms with Crippen molar-refractivity contribution in [2.45, 2.75) is 33.4 Å². The molecule has 114 valence electrons. The van der Waals surface area contributed by atoms with Crippen molar-refractivity contribution in [3.8, 4) is 0 Å². The van der Waals surface area contributed by atoms with Crippen LogP contribution in [0.4, 0.5) is 5.82 Å². The minimum absolute atomic E-state index is 0.147. The van der Waals surface area contributed by atoms with Gasteiger partial charge < -0.3 is 14.2 Å². The second-order valence-electron chi connectivity index (χ2n) is 5.77. The fourth-order valence-electron chi connectivity index (χ4n) is 2.91. The number of hydrogen-bond acceptors (Lipinski definition) is 6. The molecule has 2 aromatic heterocycles. The Morgan fingerprint density at radius 3 is 2.68 bits per heavy atom. The Morgan fingerprint density at radius 2 is 2.05 bits per heavy atom. The molecule has 0 atom stereocenters. The van der Waals surface area contributed by atoms with Gasteiger partial charge in [-0.3, -0.25) is 4.79 Å². The minimum atomic E-state index is -0.147. The summed E-state index contributed by atoms with van der Waals surface area (Å²) in [4.78, 5) is 29.6. The first-order valence-corrected chi connectivity index (χ1v) is 7.45. The summed E-state index contributed by atoms with van der Waals surface area (Å²) in [7, 11) is 0. The lowest BCUT2D eigenvalue weighted by Gasteiger charge is -2.33. The average molecular weight is 299 g/mol. The molecule has 4 heterocycles. The van der Waals surface area contributed by atoms with Crippen LogP contribution in [0.2, 0.25) is 0 Å². The number of carbonyl (C=O) groups excluding carboxylic acids is 1. The van der Waals surface area contributed by atoms with Crippen LogP contribution in [0.15, 0.2) is 10.6 Å². The van der Waals surface area contributed by atoms with Gasteiger partial charge in [0, 0.05) is 25.6 Å².